The van der Waals surface area contributed by atoms with Crippen LogP contribution in [0.2, 0.25) is 0 Å². The van der Waals surface area contributed by atoms with Gasteiger partial charge in [0.15, 0.2) is 0 Å². The molecule has 3 heteroatoms. The summed E-state index contributed by atoms with van der Waals surface area (Å²) >= 11 is 0. The Balaban J connectivity index is 2.20. The minimum atomic E-state index is -0.631. The number of aliphatic hydroxyl groups excluding tert-OH is 1. The van der Waals surface area contributed by atoms with Crippen LogP contribution in [0.25, 0.3) is 0 Å². The highest BCUT2D eigenvalue weighted by molar-refractivity contribution is 5.37. The molecule has 2 rings (SSSR count). The van der Waals surface area contributed by atoms with Gasteiger partial charge in [-0.2, -0.15) is 0 Å². The van der Waals surface area contributed by atoms with Gasteiger partial charge in [-0.25, -0.2) is 0 Å². The van der Waals surface area contributed by atoms with Crippen molar-refractivity contribution in [3.05, 3.63) is 65.2 Å². The van der Waals surface area contributed by atoms with Crippen LogP contribution < -0.4 is 4.74 Å². The second kappa shape index (κ2) is 7.25. The summed E-state index contributed by atoms with van der Waals surface area (Å²) in [6.07, 6.45) is -0.498. The van der Waals surface area contributed by atoms with Crippen molar-refractivity contribution >= 4 is 0 Å². The van der Waals surface area contributed by atoms with E-state index in [1.165, 1.54) is 0 Å². The van der Waals surface area contributed by atoms with Crippen LogP contribution in [0, 0.1) is 6.92 Å². The maximum atomic E-state index is 10.5. The molecule has 0 saturated carbocycles. The van der Waals surface area contributed by atoms with Crippen molar-refractivity contribution < 1.29 is 14.6 Å². The molecule has 3 nitrogen and oxygen atoms in total. The second-order valence-electron chi connectivity index (χ2n) is 5.15. The summed E-state index contributed by atoms with van der Waals surface area (Å²) in [5.41, 5.74) is 3.11. The summed E-state index contributed by atoms with van der Waals surface area (Å²) in [6, 6.07) is 15.7. The highest BCUT2D eigenvalue weighted by Gasteiger charge is 2.22. The number of aryl methyl sites for hydroxylation is 1. The lowest BCUT2D eigenvalue weighted by molar-refractivity contribution is -0.0130. The van der Waals surface area contributed by atoms with E-state index < -0.39 is 6.10 Å². The lowest BCUT2D eigenvalue weighted by Crippen LogP contribution is -2.23. The average molecular weight is 286 g/mol. The minimum absolute atomic E-state index is 0.351. The van der Waals surface area contributed by atoms with Crippen LogP contribution in [0.15, 0.2) is 48.5 Å². The number of aliphatic hydroxyl groups is 1. The van der Waals surface area contributed by atoms with E-state index in [4.69, 9.17) is 9.47 Å². The number of benzene rings is 2. The predicted molar refractivity (Wildman–Crippen MR) is 83.6 cm³/mol. The fourth-order valence-corrected chi connectivity index (χ4v) is 2.56. The van der Waals surface area contributed by atoms with Gasteiger partial charge in [0.05, 0.1) is 13.2 Å². The van der Waals surface area contributed by atoms with Gasteiger partial charge in [-0.3, -0.25) is 0 Å². The van der Waals surface area contributed by atoms with Gasteiger partial charge in [-0.05, 0) is 24.1 Å². The van der Waals surface area contributed by atoms with Crippen LogP contribution in [-0.4, -0.2) is 25.4 Å². The Bertz CT molecular complexity index is 566. The molecule has 0 fully saturated rings. The van der Waals surface area contributed by atoms with Gasteiger partial charge < -0.3 is 14.6 Å². The van der Waals surface area contributed by atoms with Gasteiger partial charge in [0.2, 0.25) is 0 Å². The van der Waals surface area contributed by atoms with E-state index in [2.05, 4.69) is 0 Å². The van der Waals surface area contributed by atoms with Gasteiger partial charge in [-0.15, -0.1) is 0 Å². The number of methoxy groups -OCH3 is 2. The van der Waals surface area contributed by atoms with Gasteiger partial charge in [0.25, 0.3) is 0 Å². The topological polar surface area (TPSA) is 38.7 Å². The summed E-state index contributed by atoms with van der Waals surface area (Å²) in [6.45, 7) is 2.03. The Hall–Kier alpha value is -1.84. The Morgan fingerprint density at radius 1 is 1.05 bits per heavy atom. The fraction of sp³-hybridized carbons (Fsp3) is 0.333. The molecule has 0 saturated heterocycles. The highest BCUT2D eigenvalue weighted by Crippen LogP contribution is 2.27. The minimum Gasteiger partial charge on any atom is -0.496 e. The first kappa shape index (κ1) is 15.5. The zero-order valence-corrected chi connectivity index (χ0v) is 12.7. The van der Waals surface area contributed by atoms with E-state index in [0.29, 0.717) is 6.42 Å². The molecule has 0 amide bonds. The fourth-order valence-electron chi connectivity index (χ4n) is 2.56. The number of ether oxygens (including phenoxy) is 2. The molecule has 0 spiro atoms. The molecule has 0 bridgehead atoms. The van der Waals surface area contributed by atoms with Crippen molar-refractivity contribution in [1.82, 2.24) is 0 Å². The van der Waals surface area contributed by atoms with Crippen LogP contribution in [0.3, 0.4) is 0 Å². The third-order valence-electron chi connectivity index (χ3n) is 3.60. The standard InChI is InChI=1S/C18H22O3/c1-13-9-10-17(20-2)15(11-13)12-16(19)18(21-3)14-7-5-4-6-8-14/h4-11,16,18-19H,12H2,1-3H3. The number of rotatable bonds is 6. The molecule has 2 aromatic rings. The molecule has 21 heavy (non-hydrogen) atoms. The molecule has 0 aliphatic heterocycles. The van der Waals surface area contributed by atoms with Crippen LogP contribution in [0.4, 0.5) is 0 Å². The maximum Gasteiger partial charge on any atom is 0.122 e. The van der Waals surface area contributed by atoms with E-state index >= 15 is 0 Å². The molecule has 112 valence electrons. The third-order valence-corrected chi connectivity index (χ3v) is 3.60. The van der Waals surface area contributed by atoms with Crippen LogP contribution in [0.1, 0.15) is 22.8 Å². The summed E-state index contributed by atoms with van der Waals surface area (Å²) in [5.74, 6) is 0.794. The first-order valence-electron chi connectivity index (χ1n) is 7.05. The van der Waals surface area contributed by atoms with Gasteiger partial charge in [0.1, 0.15) is 11.9 Å². The number of hydrogen-bond acceptors (Lipinski definition) is 3. The van der Waals surface area contributed by atoms with Crippen LogP contribution in [0.5, 0.6) is 5.75 Å². The molecular weight excluding hydrogens is 264 g/mol. The van der Waals surface area contributed by atoms with Crippen LogP contribution in [-0.2, 0) is 11.2 Å². The van der Waals surface area contributed by atoms with Gasteiger partial charge >= 0.3 is 0 Å². The monoisotopic (exact) mass is 286 g/mol. The first-order valence-corrected chi connectivity index (χ1v) is 7.05. The van der Waals surface area contributed by atoms with E-state index in [0.717, 1.165) is 22.4 Å². The molecule has 0 aliphatic rings. The molecule has 2 unspecified atom stereocenters. The van der Waals surface area contributed by atoms with E-state index in [9.17, 15) is 5.11 Å². The summed E-state index contributed by atoms with van der Waals surface area (Å²) < 4.78 is 10.9. The smallest absolute Gasteiger partial charge is 0.122 e. The van der Waals surface area contributed by atoms with Gasteiger partial charge in [0, 0.05) is 13.5 Å². The number of hydrogen-bond donors (Lipinski definition) is 1. The zero-order valence-electron chi connectivity index (χ0n) is 12.7. The molecule has 1 N–H and O–H groups in total. The van der Waals surface area contributed by atoms with E-state index in [1.54, 1.807) is 14.2 Å². The zero-order chi connectivity index (χ0) is 15.2. The van der Waals surface area contributed by atoms with E-state index in [-0.39, 0.29) is 6.10 Å². The van der Waals surface area contributed by atoms with Gasteiger partial charge in [-0.1, -0.05) is 48.0 Å². The second-order valence-corrected chi connectivity index (χ2v) is 5.15. The molecule has 0 aliphatic carbocycles. The predicted octanol–water partition coefficient (Wildman–Crippen LogP) is 3.29. The van der Waals surface area contributed by atoms with Crippen molar-refractivity contribution in [2.45, 2.75) is 25.6 Å². The summed E-state index contributed by atoms with van der Waals surface area (Å²) in [7, 11) is 3.26. The Morgan fingerprint density at radius 2 is 1.76 bits per heavy atom. The maximum absolute atomic E-state index is 10.5. The molecule has 0 radical (unpaired) electrons. The molecule has 0 heterocycles. The first-order chi connectivity index (χ1) is 10.2. The lowest BCUT2D eigenvalue weighted by atomic mass is 9.97. The lowest BCUT2D eigenvalue weighted by Gasteiger charge is -2.23. The molecule has 0 aromatic heterocycles. The normalized spacial score (nSPS) is 13.7. The SMILES string of the molecule is COc1ccc(C)cc1CC(O)C(OC)c1ccccc1. The van der Waals surface area contributed by atoms with Crippen molar-refractivity contribution in [3.8, 4) is 5.75 Å². The van der Waals surface area contributed by atoms with Crippen molar-refractivity contribution in [3.63, 3.8) is 0 Å². The molecular formula is C18H22O3. The van der Waals surface area contributed by atoms with Crippen molar-refractivity contribution in [2.24, 2.45) is 0 Å². The molecule has 2 aromatic carbocycles. The Morgan fingerprint density at radius 3 is 2.38 bits per heavy atom. The largest absolute Gasteiger partial charge is 0.496 e. The van der Waals surface area contributed by atoms with Crippen molar-refractivity contribution in [2.75, 3.05) is 14.2 Å². The Labute approximate surface area is 126 Å². The van der Waals surface area contributed by atoms with Crippen LogP contribution >= 0.6 is 0 Å². The third kappa shape index (κ3) is 3.84. The molecule has 2 atom stereocenters. The van der Waals surface area contributed by atoms with E-state index in [1.807, 2.05) is 55.5 Å². The quantitative estimate of drug-likeness (QED) is 0.885. The summed E-state index contributed by atoms with van der Waals surface area (Å²) in [4.78, 5) is 0. The Kier molecular flexibility index (Phi) is 5.37. The average Bonchev–Trinajstić information content (AvgIpc) is 2.49. The highest BCUT2D eigenvalue weighted by atomic mass is 16.5. The summed E-state index contributed by atoms with van der Waals surface area (Å²) in [5, 5.41) is 10.5. The van der Waals surface area contributed by atoms with Crippen molar-refractivity contribution in [1.29, 1.82) is 0 Å².